The number of hydrogen-bond donors (Lipinski definition) is 0. The van der Waals surface area contributed by atoms with E-state index in [0.717, 1.165) is 42.1 Å². The quantitative estimate of drug-likeness (QED) is 0.549. The molecule has 1 spiro atoms. The molecule has 2 saturated heterocycles. The van der Waals surface area contributed by atoms with E-state index in [1.807, 2.05) is 6.20 Å². The number of nitrogens with zero attached hydrogens (tertiary/aromatic N) is 2. The predicted octanol–water partition coefficient (Wildman–Crippen LogP) is 5.19. The number of hydrogen-bond acceptors (Lipinski definition) is 5. The Morgan fingerprint density at radius 2 is 1.67 bits per heavy atom. The summed E-state index contributed by atoms with van der Waals surface area (Å²) in [6, 6.07) is 17.3. The molecule has 0 unspecified atom stereocenters. The Hall–Kier alpha value is -2.37. The minimum Gasteiger partial charge on any atom is -0.488 e. The SMILES string of the molecule is Cc1ccc(C(C)(C)c2ccc(OCc3cnc(N4CC5(COC5)C4)s3)cc2)cc1. The molecule has 3 aromatic rings. The standard InChI is InChI=1S/C25H28N2O2S/c1-18-4-6-19(7-5-18)24(2,3)20-8-10-21(11-9-20)29-13-22-12-26-23(30-22)27-14-25(15-27)16-28-17-25/h4-12H,13-17H2,1-3H3. The largest absolute Gasteiger partial charge is 0.488 e. The summed E-state index contributed by atoms with van der Waals surface area (Å²) in [5, 5.41) is 1.10. The first-order chi connectivity index (χ1) is 14.4. The van der Waals surface area contributed by atoms with Crippen molar-refractivity contribution in [1.82, 2.24) is 4.98 Å². The lowest BCUT2D eigenvalue weighted by molar-refractivity contribution is -0.127. The highest BCUT2D eigenvalue weighted by molar-refractivity contribution is 7.15. The van der Waals surface area contributed by atoms with Gasteiger partial charge in [-0.05, 0) is 30.2 Å². The summed E-state index contributed by atoms with van der Waals surface area (Å²) in [7, 11) is 0. The third-order valence-electron chi connectivity index (χ3n) is 6.41. The number of benzene rings is 2. The van der Waals surface area contributed by atoms with Crippen LogP contribution in [0.2, 0.25) is 0 Å². The first-order valence-corrected chi connectivity index (χ1v) is 11.3. The fraction of sp³-hybridized carbons (Fsp3) is 0.400. The van der Waals surface area contributed by atoms with Gasteiger partial charge in [0, 0.05) is 24.7 Å². The summed E-state index contributed by atoms with van der Waals surface area (Å²) in [4.78, 5) is 8.08. The summed E-state index contributed by atoms with van der Waals surface area (Å²) >= 11 is 1.73. The van der Waals surface area contributed by atoms with E-state index in [4.69, 9.17) is 9.47 Å². The monoisotopic (exact) mass is 420 g/mol. The van der Waals surface area contributed by atoms with Gasteiger partial charge in [-0.2, -0.15) is 0 Å². The van der Waals surface area contributed by atoms with Crippen molar-refractivity contribution in [3.05, 3.63) is 76.3 Å². The molecule has 5 heteroatoms. The molecule has 2 aromatic carbocycles. The van der Waals surface area contributed by atoms with Crippen molar-refractivity contribution in [2.24, 2.45) is 5.41 Å². The van der Waals surface area contributed by atoms with Crippen LogP contribution in [0.3, 0.4) is 0 Å². The van der Waals surface area contributed by atoms with E-state index in [2.05, 4.69) is 79.2 Å². The van der Waals surface area contributed by atoms with E-state index in [0.29, 0.717) is 12.0 Å². The highest BCUT2D eigenvalue weighted by Gasteiger charge is 2.49. The maximum Gasteiger partial charge on any atom is 0.185 e. The van der Waals surface area contributed by atoms with Gasteiger partial charge in [-0.1, -0.05) is 67.1 Å². The molecule has 0 bridgehead atoms. The predicted molar refractivity (Wildman–Crippen MR) is 122 cm³/mol. The van der Waals surface area contributed by atoms with Gasteiger partial charge in [-0.15, -0.1) is 0 Å². The number of ether oxygens (including phenoxy) is 2. The second-order valence-electron chi connectivity index (χ2n) is 9.26. The van der Waals surface area contributed by atoms with Crippen molar-refractivity contribution in [3.8, 4) is 5.75 Å². The lowest BCUT2D eigenvalue weighted by Crippen LogP contribution is -2.66. The van der Waals surface area contributed by atoms with Gasteiger partial charge in [-0.3, -0.25) is 0 Å². The minimum atomic E-state index is -0.0428. The first-order valence-electron chi connectivity index (χ1n) is 10.5. The highest BCUT2D eigenvalue weighted by atomic mass is 32.1. The maximum atomic E-state index is 6.03. The summed E-state index contributed by atoms with van der Waals surface area (Å²) in [5.41, 5.74) is 4.26. The molecule has 5 rings (SSSR count). The molecule has 156 valence electrons. The number of aromatic nitrogens is 1. The molecule has 2 fully saturated rings. The summed E-state index contributed by atoms with van der Waals surface area (Å²) in [5.74, 6) is 0.892. The Kier molecular flexibility index (Phi) is 4.83. The summed E-state index contributed by atoms with van der Waals surface area (Å²) < 4.78 is 11.4. The third-order valence-corrected chi connectivity index (χ3v) is 7.44. The normalized spacial score (nSPS) is 17.5. The van der Waals surface area contributed by atoms with Gasteiger partial charge < -0.3 is 14.4 Å². The Balaban J connectivity index is 1.19. The molecule has 0 aliphatic carbocycles. The zero-order chi connectivity index (χ0) is 20.8. The van der Waals surface area contributed by atoms with E-state index < -0.39 is 0 Å². The van der Waals surface area contributed by atoms with E-state index in [9.17, 15) is 0 Å². The molecule has 2 aliphatic rings. The van der Waals surface area contributed by atoms with Crippen LogP contribution in [0.4, 0.5) is 5.13 Å². The fourth-order valence-corrected chi connectivity index (χ4v) is 5.06. The minimum absolute atomic E-state index is 0.0428. The zero-order valence-corrected chi connectivity index (χ0v) is 18.7. The van der Waals surface area contributed by atoms with Crippen molar-refractivity contribution in [1.29, 1.82) is 0 Å². The molecule has 0 amide bonds. The molecular weight excluding hydrogens is 392 g/mol. The Morgan fingerprint density at radius 1 is 1.03 bits per heavy atom. The van der Waals surface area contributed by atoms with Crippen molar-refractivity contribution in [3.63, 3.8) is 0 Å². The molecule has 3 heterocycles. The molecule has 1 aromatic heterocycles. The van der Waals surface area contributed by atoms with Gasteiger partial charge in [0.2, 0.25) is 0 Å². The average molecular weight is 421 g/mol. The number of thiazole rings is 1. The molecule has 2 aliphatic heterocycles. The zero-order valence-electron chi connectivity index (χ0n) is 17.9. The number of anilines is 1. The van der Waals surface area contributed by atoms with Crippen molar-refractivity contribution >= 4 is 16.5 Å². The van der Waals surface area contributed by atoms with E-state index in [-0.39, 0.29) is 5.41 Å². The second-order valence-corrected chi connectivity index (χ2v) is 10.4. The second kappa shape index (κ2) is 7.40. The number of rotatable bonds is 6. The average Bonchev–Trinajstić information content (AvgIpc) is 3.13. The number of aryl methyl sites for hydroxylation is 1. The molecule has 0 saturated carbocycles. The van der Waals surface area contributed by atoms with E-state index >= 15 is 0 Å². The molecule has 0 N–H and O–H groups in total. The van der Waals surface area contributed by atoms with Crippen LogP contribution >= 0.6 is 11.3 Å². The lowest BCUT2D eigenvalue weighted by Gasteiger charge is -2.54. The topological polar surface area (TPSA) is 34.6 Å². The maximum absolute atomic E-state index is 6.03. The van der Waals surface area contributed by atoms with Crippen molar-refractivity contribution in [2.75, 3.05) is 31.2 Å². The molecular formula is C25H28N2O2S. The van der Waals surface area contributed by atoms with Gasteiger partial charge in [-0.25, -0.2) is 4.98 Å². The Labute approximate surface area is 182 Å². The third kappa shape index (κ3) is 3.61. The van der Waals surface area contributed by atoms with Crippen LogP contribution in [0.5, 0.6) is 5.75 Å². The molecule has 0 radical (unpaired) electrons. The molecule has 0 atom stereocenters. The van der Waals surface area contributed by atoms with Gasteiger partial charge in [0.1, 0.15) is 12.4 Å². The molecule has 30 heavy (non-hydrogen) atoms. The Bertz CT molecular complexity index is 1010. The van der Waals surface area contributed by atoms with Gasteiger partial charge in [0.25, 0.3) is 0 Å². The summed E-state index contributed by atoms with van der Waals surface area (Å²) in [6.45, 7) is 11.2. The van der Waals surface area contributed by atoms with E-state index in [1.54, 1.807) is 11.3 Å². The van der Waals surface area contributed by atoms with Gasteiger partial charge in [0.05, 0.1) is 23.5 Å². The van der Waals surface area contributed by atoms with Crippen LogP contribution in [-0.2, 0) is 16.8 Å². The highest BCUT2D eigenvalue weighted by Crippen LogP contribution is 2.41. The van der Waals surface area contributed by atoms with Crippen LogP contribution in [0.1, 0.15) is 35.4 Å². The molecule has 4 nitrogen and oxygen atoms in total. The smallest absolute Gasteiger partial charge is 0.185 e. The van der Waals surface area contributed by atoms with Crippen LogP contribution in [0.25, 0.3) is 0 Å². The van der Waals surface area contributed by atoms with Crippen molar-refractivity contribution < 1.29 is 9.47 Å². The van der Waals surface area contributed by atoms with Gasteiger partial charge >= 0.3 is 0 Å². The van der Waals surface area contributed by atoms with E-state index in [1.165, 1.54) is 16.7 Å². The van der Waals surface area contributed by atoms with Crippen molar-refractivity contribution in [2.45, 2.75) is 32.8 Å². The Morgan fingerprint density at radius 3 is 2.27 bits per heavy atom. The fourth-order valence-electron chi connectivity index (χ4n) is 4.24. The van der Waals surface area contributed by atoms with Crippen LogP contribution in [0, 0.1) is 12.3 Å². The van der Waals surface area contributed by atoms with Crippen LogP contribution < -0.4 is 9.64 Å². The summed E-state index contributed by atoms with van der Waals surface area (Å²) in [6.07, 6.45) is 1.94. The van der Waals surface area contributed by atoms with Crippen LogP contribution in [0.15, 0.2) is 54.7 Å². The first kappa shape index (κ1) is 19.6. The van der Waals surface area contributed by atoms with Crippen LogP contribution in [-0.4, -0.2) is 31.3 Å². The van der Waals surface area contributed by atoms with Gasteiger partial charge in [0.15, 0.2) is 5.13 Å². The lowest BCUT2D eigenvalue weighted by atomic mass is 9.78.